The summed E-state index contributed by atoms with van der Waals surface area (Å²) in [6, 6.07) is 34.8. The minimum absolute atomic E-state index is 0.461. The largest absolute Gasteiger partial charge is 0.467 e. The lowest BCUT2D eigenvalue weighted by molar-refractivity contribution is 0.0929. The molecule has 5 rings (SSSR count). The monoisotopic (exact) mass is 465 g/mol. The van der Waals surface area contributed by atoms with Gasteiger partial charge in [0.2, 0.25) is 0 Å². The van der Waals surface area contributed by atoms with Crippen LogP contribution >= 0.6 is 0 Å². The van der Waals surface area contributed by atoms with Crippen LogP contribution in [0.4, 0.5) is 17.1 Å². The molecule has 0 aliphatic carbocycles. The second-order valence-electron chi connectivity index (χ2n) is 8.15. The molecule has 2 heterocycles. The molecule has 0 saturated heterocycles. The average Bonchev–Trinajstić information content (AvgIpc) is 3.62. The van der Waals surface area contributed by atoms with Gasteiger partial charge in [0.1, 0.15) is 24.7 Å². The van der Waals surface area contributed by atoms with Gasteiger partial charge in [0.25, 0.3) is 0 Å². The molecule has 0 N–H and O–H groups in total. The highest BCUT2D eigenvalue weighted by atomic mass is 16.5. The van der Waals surface area contributed by atoms with Crippen molar-refractivity contribution >= 4 is 17.1 Å². The van der Waals surface area contributed by atoms with Crippen LogP contribution in [0.1, 0.15) is 22.6 Å². The highest BCUT2D eigenvalue weighted by Gasteiger charge is 2.12. The van der Waals surface area contributed by atoms with Crippen LogP contribution in [0.15, 0.2) is 124 Å². The van der Waals surface area contributed by atoms with Crippen LogP contribution in [0.5, 0.6) is 0 Å². The number of ether oxygens (including phenoxy) is 2. The predicted octanol–water partition coefficient (Wildman–Crippen LogP) is 7.78. The van der Waals surface area contributed by atoms with Gasteiger partial charge in [0.05, 0.1) is 25.7 Å². The number of rotatable bonds is 11. The Bertz CT molecular complexity index is 1180. The molecule has 2 aromatic heterocycles. The van der Waals surface area contributed by atoms with E-state index in [9.17, 15) is 0 Å². The van der Waals surface area contributed by atoms with Crippen molar-refractivity contribution in [3.63, 3.8) is 0 Å². The van der Waals surface area contributed by atoms with Crippen LogP contribution < -0.4 is 4.90 Å². The number of benzene rings is 3. The molecule has 0 radical (unpaired) electrons. The van der Waals surface area contributed by atoms with E-state index in [-0.39, 0.29) is 0 Å². The summed E-state index contributed by atoms with van der Waals surface area (Å²) in [5.41, 5.74) is 5.46. The molecule has 0 atom stereocenters. The maximum atomic E-state index is 5.78. The van der Waals surface area contributed by atoms with Gasteiger partial charge in [-0.2, -0.15) is 0 Å². The molecule has 0 aliphatic heterocycles. The van der Waals surface area contributed by atoms with E-state index in [1.165, 1.54) is 0 Å². The molecular formula is C30H27NO4. The molecule has 0 spiro atoms. The number of hydrogen-bond donors (Lipinski definition) is 0. The topological polar surface area (TPSA) is 48.0 Å². The molecule has 5 aromatic rings. The van der Waals surface area contributed by atoms with Gasteiger partial charge in [-0.05, 0) is 71.8 Å². The second kappa shape index (κ2) is 11.4. The lowest BCUT2D eigenvalue weighted by Gasteiger charge is -2.26. The van der Waals surface area contributed by atoms with E-state index in [2.05, 4.69) is 77.7 Å². The maximum Gasteiger partial charge on any atom is 0.129 e. The van der Waals surface area contributed by atoms with E-state index in [0.29, 0.717) is 26.4 Å². The van der Waals surface area contributed by atoms with Crippen molar-refractivity contribution in [3.8, 4) is 0 Å². The summed E-state index contributed by atoms with van der Waals surface area (Å²) in [6.45, 7) is 1.98. The van der Waals surface area contributed by atoms with Crippen LogP contribution in [-0.2, 0) is 35.9 Å². The Labute approximate surface area is 205 Å². The van der Waals surface area contributed by atoms with Gasteiger partial charge in [0.15, 0.2) is 0 Å². The zero-order chi connectivity index (χ0) is 23.7. The van der Waals surface area contributed by atoms with Crippen LogP contribution in [0.2, 0.25) is 0 Å². The molecule has 0 fully saturated rings. The zero-order valence-electron chi connectivity index (χ0n) is 19.4. The highest BCUT2D eigenvalue weighted by Crippen LogP contribution is 2.34. The van der Waals surface area contributed by atoms with Crippen LogP contribution in [0.25, 0.3) is 0 Å². The van der Waals surface area contributed by atoms with Crippen molar-refractivity contribution < 1.29 is 18.3 Å². The first kappa shape index (κ1) is 22.7. The number of para-hydroxylation sites is 1. The first-order chi connectivity index (χ1) is 17.3. The lowest BCUT2D eigenvalue weighted by atomic mass is 10.1. The van der Waals surface area contributed by atoms with Gasteiger partial charge in [-0.1, -0.05) is 42.5 Å². The quantitative estimate of drug-likeness (QED) is 0.199. The molecule has 176 valence electrons. The maximum absolute atomic E-state index is 5.78. The van der Waals surface area contributed by atoms with Crippen molar-refractivity contribution in [2.24, 2.45) is 0 Å². The third-order valence-electron chi connectivity index (χ3n) is 5.59. The van der Waals surface area contributed by atoms with Crippen LogP contribution in [0, 0.1) is 0 Å². The van der Waals surface area contributed by atoms with Gasteiger partial charge in [0, 0.05) is 17.1 Å². The van der Waals surface area contributed by atoms with Gasteiger partial charge in [-0.25, -0.2) is 0 Å². The average molecular weight is 466 g/mol. The Morgan fingerprint density at radius 3 is 1.34 bits per heavy atom. The van der Waals surface area contributed by atoms with Crippen molar-refractivity contribution in [1.82, 2.24) is 0 Å². The summed E-state index contributed by atoms with van der Waals surface area (Å²) in [6.07, 6.45) is 3.32. The fourth-order valence-corrected chi connectivity index (χ4v) is 3.84. The normalized spacial score (nSPS) is 11.0. The van der Waals surface area contributed by atoms with Gasteiger partial charge < -0.3 is 23.2 Å². The van der Waals surface area contributed by atoms with Gasteiger partial charge in [-0.3, -0.25) is 0 Å². The Balaban J connectivity index is 1.27. The van der Waals surface area contributed by atoms with E-state index in [1.807, 2.05) is 30.3 Å². The van der Waals surface area contributed by atoms with Crippen LogP contribution in [-0.4, -0.2) is 0 Å². The summed E-state index contributed by atoms with van der Waals surface area (Å²) in [5, 5.41) is 0. The Hall–Kier alpha value is -4.06. The second-order valence-corrected chi connectivity index (χ2v) is 8.15. The van der Waals surface area contributed by atoms with E-state index >= 15 is 0 Å². The fraction of sp³-hybridized carbons (Fsp3) is 0.133. The molecule has 0 amide bonds. The standard InChI is InChI=1S/C30H27NO4/c1-2-6-26(7-3-1)31(27-14-10-24(11-15-27)20-32-22-29-8-4-18-34-29)28-16-12-25(13-17-28)21-33-23-30-9-5-19-35-30/h1-19H,20-23H2. The summed E-state index contributed by atoms with van der Waals surface area (Å²) >= 11 is 0. The summed E-state index contributed by atoms with van der Waals surface area (Å²) in [4.78, 5) is 2.24. The van der Waals surface area contributed by atoms with Crippen LogP contribution in [0.3, 0.4) is 0 Å². The van der Waals surface area contributed by atoms with Crippen molar-refractivity contribution in [2.75, 3.05) is 4.90 Å². The molecule has 0 unspecified atom stereocenters. The first-order valence-electron chi connectivity index (χ1n) is 11.6. The van der Waals surface area contributed by atoms with Crippen molar-refractivity contribution in [3.05, 3.63) is 138 Å². The number of nitrogens with zero attached hydrogens (tertiary/aromatic N) is 1. The molecule has 5 heteroatoms. The third kappa shape index (κ3) is 6.09. The molecule has 3 aromatic carbocycles. The smallest absolute Gasteiger partial charge is 0.129 e. The summed E-state index contributed by atoms with van der Waals surface area (Å²) < 4.78 is 22.2. The van der Waals surface area contributed by atoms with Gasteiger partial charge in [-0.15, -0.1) is 0 Å². The van der Waals surface area contributed by atoms with E-state index in [0.717, 1.165) is 39.7 Å². The molecule has 0 bridgehead atoms. The number of anilines is 3. The summed E-state index contributed by atoms with van der Waals surface area (Å²) in [7, 11) is 0. The molecule has 0 aliphatic rings. The number of furan rings is 2. The van der Waals surface area contributed by atoms with E-state index in [4.69, 9.17) is 18.3 Å². The molecule has 35 heavy (non-hydrogen) atoms. The minimum Gasteiger partial charge on any atom is -0.467 e. The summed E-state index contributed by atoms with van der Waals surface area (Å²) in [5.74, 6) is 1.65. The Morgan fingerprint density at radius 1 is 0.457 bits per heavy atom. The number of hydrogen-bond acceptors (Lipinski definition) is 5. The zero-order valence-corrected chi connectivity index (χ0v) is 19.4. The molecule has 0 saturated carbocycles. The Kier molecular flexibility index (Phi) is 7.39. The Morgan fingerprint density at radius 2 is 0.914 bits per heavy atom. The third-order valence-corrected chi connectivity index (χ3v) is 5.59. The van der Waals surface area contributed by atoms with Crippen molar-refractivity contribution in [2.45, 2.75) is 26.4 Å². The predicted molar refractivity (Wildman–Crippen MR) is 136 cm³/mol. The van der Waals surface area contributed by atoms with Gasteiger partial charge >= 0.3 is 0 Å². The highest BCUT2D eigenvalue weighted by molar-refractivity contribution is 5.76. The lowest BCUT2D eigenvalue weighted by Crippen LogP contribution is -2.10. The van der Waals surface area contributed by atoms with Crippen molar-refractivity contribution in [1.29, 1.82) is 0 Å². The first-order valence-corrected chi connectivity index (χ1v) is 11.6. The minimum atomic E-state index is 0.461. The fourth-order valence-electron chi connectivity index (χ4n) is 3.84. The molecular weight excluding hydrogens is 438 g/mol. The van der Waals surface area contributed by atoms with E-state index in [1.54, 1.807) is 12.5 Å². The van der Waals surface area contributed by atoms with E-state index < -0.39 is 0 Å². The SMILES string of the molecule is c1ccc(N(c2ccc(COCc3ccco3)cc2)c2ccc(COCc3ccco3)cc2)cc1. The molecule has 5 nitrogen and oxygen atoms in total.